The molecule has 0 radical (unpaired) electrons. The van der Waals surface area contributed by atoms with E-state index < -0.39 is 6.04 Å². The van der Waals surface area contributed by atoms with E-state index in [-0.39, 0.29) is 22.6 Å². The zero-order chi connectivity index (χ0) is 19.9. The summed E-state index contributed by atoms with van der Waals surface area (Å²) in [7, 11) is 0. The maximum absolute atomic E-state index is 13.0. The summed E-state index contributed by atoms with van der Waals surface area (Å²) in [6, 6.07) is 4.43. The largest absolute Gasteiger partial charge is 0.339 e. The van der Waals surface area contributed by atoms with Crippen LogP contribution in [0.25, 0.3) is 0 Å². The molecule has 0 aliphatic carbocycles. The highest BCUT2D eigenvalue weighted by atomic mass is 35.5. The van der Waals surface area contributed by atoms with Crippen molar-refractivity contribution in [3.05, 3.63) is 28.8 Å². The lowest BCUT2D eigenvalue weighted by Gasteiger charge is -2.30. The first-order chi connectivity index (χ1) is 13.4. The number of rotatable bonds is 3. The molecule has 0 spiro atoms. The molecule has 0 bridgehead atoms. The molecule has 6 nitrogen and oxygen atoms in total. The lowest BCUT2D eigenvalue weighted by molar-refractivity contribution is -0.135. The van der Waals surface area contributed by atoms with Gasteiger partial charge in [-0.25, -0.2) is 0 Å². The Labute approximate surface area is 174 Å². The average Bonchev–Trinajstić information content (AvgIpc) is 3.18. The van der Waals surface area contributed by atoms with Crippen LogP contribution in [0.2, 0.25) is 5.02 Å². The second-order valence-electron chi connectivity index (χ2n) is 7.80. The maximum Gasteiger partial charge on any atom is 0.255 e. The van der Waals surface area contributed by atoms with Crippen LogP contribution in [0, 0.1) is 0 Å². The van der Waals surface area contributed by atoms with Gasteiger partial charge in [-0.15, -0.1) is 11.8 Å². The topological polar surface area (TPSA) is 69.7 Å². The highest BCUT2D eigenvalue weighted by molar-refractivity contribution is 8.01. The lowest BCUT2D eigenvalue weighted by Crippen LogP contribution is -2.48. The molecule has 2 atom stereocenters. The van der Waals surface area contributed by atoms with Gasteiger partial charge in [0.05, 0.1) is 16.1 Å². The molecule has 1 N–H and O–H groups in total. The summed E-state index contributed by atoms with van der Waals surface area (Å²) in [4.78, 5) is 41.6. The number of fused-ring (bicyclic) bond motifs is 1. The van der Waals surface area contributed by atoms with Crippen molar-refractivity contribution in [2.45, 2.75) is 49.9 Å². The van der Waals surface area contributed by atoms with Crippen molar-refractivity contribution in [3.8, 4) is 0 Å². The third kappa shape index (κ3) is 3.50. The Hall–Kier alpha value is -1.73. The molecule has 1 aromatic rings. The second-order valence-corrected chi connectivity index (χ2v) is 9.74. The van der Waals surface area contributed by atoms with Crippen molar-refractivity contribution < 1.29 is 14.4 Å². The standard InChI is InChI=1S/C20H24ClN3O3S/c1-20-8-7-17(25)24(20)16(12-28-20)18(26)22-15-11-13(21)5-6-14(15)19(27)23-9-3-2-4-10-23/h5-6,11,16H,2-4,7-10,12H2,1H3,(H,22,26). The second kappa shape index (κ2) is 7.59. The van der Waals surface area contributed by atoms with Crippen LogP contribution in [-0.2, 0) is 9.59 Å². The van der Waals surface area contributed by atoms with Gasteiger partial charge in [-0.1, -0.05) is 11.6 Å². The quantitative estimate of drug-likeness (QED) is 0.812. The summed E-state index contributed by atoms with van der Waals surface area (Å²) in [6.45, 7) is 3.48. The number of carbonyl (C=O) groups excluding carboxylic acids is 3. The summed E-state index contributed by atoms with van der Waals surface area (Å²) < 4.78 is 0. The van der Waals surface area contributed by atoms with Gasteiger partial charge in [0.1, 0.15) is 6.04 Å². The molecule has 0 saturated carbocycles. The van der Waals surface area contributed by atoms with Gasteiger partial charge in [-0.2, -0.15) is 0 Å². The van der Waals surface area contributed by atoms with Gasteiger partial charge in [0, 0.05) is 30.3 Å². The fourth-order valence-corrected chi connectivity index (χ4v) is 5.91. The number of nitrogens with zero attached hydrogens (tertiary/aromatic N) is 2. The number of halogens is 1. The molecule has 4 rings (SSSR count). The van der Waals surface area contributed by atoms with Gasteiger partial charge in [-0.3, -0.25) is 14.4 Å². The molecule has 3 aliphatic rings. The molecule has 8 heteroatoms. The number of anilines is 1. The minimum Gasteiger partial charge on any atom is -0.339 e. The van der Waals surface area contributed by atoms with E-state index in [0.29, 0.717) is 28.4 Å². The van der Waals surface area contributed by atoms with Crippen molar-refractivity contribution in [3.63, 3.8) is 0 Å². The van der Waals surface area contributed by atoms with Crippen LogP contribution >= 0.6 is 23.4 Å². The van der Waals surface area contributed by atoms with Gasteiger partial charge in [0.25, 0.3) is 5.91 Å². The van der Waals surface area contributed by atoms with E-state index >= 15 is 0 Å². The van der Waals surface area contributed by atoms with Crippen molar-refractivity contribution in [2.24, 2.45) is 0 Å². The minimum absolute atomic E-state index is 0.0170. The van der Waals surface area contributed by atoms with Crippen LogP contribution in [0.1, 0.15) is 49.4 Å². The van der Waals surface area contributed by atoms with Crippen LogP contribution in [0.15, 0.2) is 18.2 Å². The first kappa shape index (κ1) is 19.6. The number of amides is 3. The monoisotopic (exact) mass is 421 g/mol. The summed E-state index contributed by atoms with van der Waals surface area (Å²) in [5.41, 5.74) is 0.860. The van der Waals surface area contributed by atoms with Crippen molar-refractivity contribution in [1.82, 2.24) is 9.80 Å². The molecule has 150 valence electrons. The van der Waals surface area contributed by atoms with E-state index in [1.165, 1.54) is 0 Å². The van der Waals surface area contributed by atoms with Crippen LogP contribution in [-0.4, -0.2) is 57.3 Å². The molecule has 3 aliphatic heterocycles. The third-order valence-electron chi connectivity index (χ3n) is 5.86. The molecule has 3 heterocycles. The van der Waals surface area contributed by atoms with Crippen LogP contribution in [0.5, 0.6) is 0 Å². The molecular formula is C20H24ClN3O3S. The van der Waals surface area contributed by atoms with Crippen molar-refractivity contribution in [1.29, 1.82) is 0 Å². The Kier molecular flexibility index (Phi) is 5.31. The molecule has 0 aromatic heterocycles. The fraction of sp³-hybridized carbons (Fsp3) is 0.550. The lowest BCUT2D eigenvalue weighted by atomic mass is 10.1. The van der Waals surface area contributed by atoms with E-state index in [2.05, 4.69) is 5.32 Å². The van der Waals surface area contributed by atoms with Crippen molar-refractivity contribution in [2.75, 3.05) is 24.2 Å². The molecule has 2 unspecified atom stereocenters. The Morgan fingerprint density at radius 2 is 2.00 bits per heavy atom. The van der Waals surface area contributed by atoms with Crippen LogP contribution < -0.4 is 5.32 Å². The van der Waals surface area contributed by atoms with E-state index in [1.807, 2.05) is 11.8 Å². The normalized spacial score (nSPS) is 27.1. The fourth-order valence-electron chi connectivity index (χ4n) is 4.30. The first-order valence-corrected chi connectivity index (χ1v) is 11.1. The zero-order valence-electron chi connectivity index (χ0n) is 15.9. The Morgan fingerprint density at radius 3 is 2.75 bits per heavy atom. The van der Waals surface area contributed by atoms with E-state index in [4.69, 9.17) is 11.6 Å². The summed E-state index contributed by atoms with van der Waals surface area (Å²) in [5.74, 6) is 0.226. The minimum atomic E-state index is -0.526. The predicted octanol–water partition coefficient (Wildman–Crippen LogP) is 3.36. The SMILES string of the molecule is CC12CCC(=O)N1C(C(=O)Nc1cc(Cl)ccc1C(=O)N1CCCCC1)CS2. The Balaban J connectivity index is 1.56. The van der Waals surface area contributed by atoms with E-state index in [1.54, 1.807) is 34.9 Å². The average molecular weight is 422 g/mol. The number of likely N-dealkylation sites (tertiary alicyclic amines) is 1. The molecular weight excluding hydrogens is 398 g/mol. The number of nitrogens with one attached hydrogen (secondary N) is 1. The number of carbonyl (C=O) groups is 3. The van der Waals surface area contributed by atoms with Gasteiger partial charge >= 0.3 is 0 Å². The predicted molar refractivity (Wildman–Crippen MR) is 111 cm³/mol. The summed E-state index contributed by atoms with van der Waals surface area (Å²) in [6.07, 6.45) is 4.36. The van der Waals surface area contributed by atoms with Crippen molar-refractivity contribution >= 4 is 46.8 Å². The highest BCUT2D eigenvalue weighted by Gasteiger charge is 2.53. The molecule has 28 heavy (non-hydrogen) atoms. The number of piperidine rings is 1. The Bertz CT molecular complexity index is 827. The molecule has 3 saturated heterocycles. The number of hydrogen-bond acceptors (Lipinski definition) is 4. The number of benzene rings is 1. The van der Waals surface area contributed by atoms with Gasteiger partial charge in [0.2, 0.25) is 11.8 Å². The van der Waals surface area contributed by atoms with Gasteiger partial charge in [0.15, 0.2) is 0 Å². The molecule has 3 fully saturated rings. The number of thioether (sulfide) groups is 1. The van der Waals surface area contributed by atoms with Crippen LogP contribution in [0.4, 0.5) is 5.69 Å². The molecule has 3 amide bonds. The van der Waals surface area contributed by atoms with Crippen LogP contribution in [0.3, 0.4) is 0 Å². The van der Waals surface area contributed by atoms with Gasteiger partial charge < -0.3 is 15.1 Å². The third-order valence-corrected chi connectivity index (χ3v) is 7.60. The summed E-state index contributed by atoms with van der Waals surface area (Å²) >= 11 is 7.79. The Morgan fingerprint density at radius 1 is 1.25 bits per heavy atom. The van der Waals surface area contributed by atoms with E-state index in [0.717, 1.165) is 38.8 Å². The smallest absolute Gasteiger partial charge is 0.255 e. The summed E-state index contributed by atoms with van der Waals surface area (Å²) in [5, 5.41) is 3.34. The van der Waals surface area contributed by atoms with Gasteiger partial charge in [-0.05, 0) is 50.8 Å². The maximum atomic E-state index is 13.0. The first-order valence-electron chi connectivity index (χ1n) is 9.75. The number of hydrogen-bond donors (Lipinski definition) is 1. The van der Waals surface area contributed by atoms with E-state index in [9.17, 15) is 14.4 Å². The highest BCUT2D eigenvalue weighted by Crippen LogP contribution is 2.47. The molecule has 1 aromatic carbocycles. The zero-order valence-corrected chi connectivity index (χ0v) is 17.4.